The summed E-state index contributed by atoms with van der Waals surface area (Å²) in [7, 11) is 1.35. The molecule has 0 aliphatic carbocycles. The maximum atomic E-state index is 12.5. The molecule has 0 saturated heterocycles. The maximum Gasteiger partial charge on any atom is 0.320 e. The number of ether oxygens (including phenoxy) is 1. The lowest BCUT2D eigenvalue weighted by atomic mass is 9.75. The molecule has 2 aromatic rings. The van der Waals surface area contributed by atoms with Crippen molar-refractivity contribution in [1.82, 2.24) is 0 Å². The van der Waals surface area contributed by atoms with Crippen molar-refractivity contribution in [2.24, 2.45) is 0 Å². The highest BCUT2D eigenvalue weighted by Gasteiger charge is 2.39. The van der Waals surface area contributed by atoms with Gasteiger partial charge in [0.25, 0.3) is 0 Å². The van der Waals surface area contributed by atoms with Crippen LogP contribution < -0.4 is 0 Å². The Morgan fingerprint density at radius 3 is 1.68 bits per heavy atom. The predicted molar refractivity (Wildman–Crippen MR) is 84.2 cm³/mol. The zero-order chi connectivity index (χ0) is 16.5. The highest BCUT2D eigenvalue weighted by molar-refractivity contribution is 5.87. The summed E-state index contributed by atoms with van der Waals surface area (Å²) in [6, 6.07) is 10.1. The van der Waals surface area contributed by atoms with Crippen molar-refractivity contribution in [2.75, 3.05) is 7.11 Å². The van der Waals surface area contributed by atoms with Crippen LogP contribution in [0.3, 0.4) is 0 Å². The number of hydrogen-bond acceptors (Lipinski definition) is 4. The number of phenolic OH excluding ortho intramolecular Hbond substituents is 2. The molecular formula is C18H20O4. The summed E-state index contributed by atoms with van der Waals surface area (Å²) in [6.07, 6.45) is 0. The van der Waals surface area contributed by atoms with Crippen LogP contribution in [-0.4, -0.2) is 23.3 Å². The Hall–Kier alpha value is -2.49. The smallest absolute Gasteiger partial charge is 0.320 e. The molecule has 0 heterocycles. The number of carbonyl (C=O) groups excluding carboxylic acids is 1. The second kappa shape index (κ2) is 5.72. The van der Waals surface area contributed by atoms with Gasteiger partial charge in [-0.3, -0.25) is 4.79 Å². The number of carbonyl (C=O) groups is 1. The van der Waals surface area contributed by atoms with E-state index in [1.54, 1.807) is 57.2 Å². The van der Waals surface area contributed by atoms with Gasteiger partial charge in [-0.15, -0.1) is 0 Å². The number of benzene rings is 2. The Labute approximate surface area is 130 Å². The van der Waals surface area contributed by atoms with E-state index in [1.807, 2.05) is 0 Å². The molecule has 0 radical (unpaired) electrons. The van der Waals surface area contributed by atoms with E-state index in [0.717, 1.165) is 11.1 Å². The molecule has 0 aliphatic heterocycles. The molecule has 2 N–H and O–H groups in total. The van der Waals surface area contributed by atoms with Gasteiger partial charge in [-0.05, 0) is 55.2 Å². The maximum absolute atomic E-state index is 12.5. The minimum absolute atomic E-state index is 0.179. The number of methoxy groups -OCH3 is 1. The molecule has 0 amide bonds. The molecule has 2 aromatic carbocycles. The van der Waals surface area contributed by atoms with Gasteiger partial charge in [0.05, 0.1) is 7.11 Å². The lowest BCUT2D eigenvalue weighted by Crippen LogP contribution is -2.35. The van der Waals surface area contributed by atoms with E-state index in [0.29, 0.717) is 11.1 Å². The Balaban J connectivity index is 2.68. The minimum atomic E-state index is -1.02. The summed E-state index contributed by atoms with van der Waals surface area (Å²) in [5.41, 5.74) is 1.79. The Bertz CT molecular complexity index is 668. The van der Waals surface area contributed by atoms with Crippen LogP contribution in [0.15, 0.2) is 36.4 Å². The third-order valence-electron chi connectivity index (χ3n) is 4.14. The number of aromatic hydroxyl groups is 2. The summed E-state index contributed by atoms with van der Waals surface area (Å²) in [5, 5.41) is 19.4. The molecule has 0 saturated carbocycles. The summed E-state index contributed by atoms with van der Waals surface area (Å²) in [6.45, 7) is 5.33. The van der Waals surface area contributed by atoms with E-state index < -0.39 is 11.4 Å². The number of phenols is 2. The topological polar surface area (TPSA) is 66.8 Å². The number of aryl methyl sites for hydroxylation is 2. The number of rotatable bonds is 3. The van der Waals surface area contributed by atoms with Crippen LogP contribution in [0.1, 0.15) is 29.2 Å². The van der Waals surface area contributed by atoms with E-state index >= 15 is 0 Å². The molecule has 0 unspecified atom stereocenters. The van der Waals surface area contributed by atoms with Crippen molar-refractivity contribution in [2.45, 2.75) is 26.2 Å². The minimum Gasteiger partial charge on any atom is -0.508 e. The van der Waals surface area contributed by atoms with Gasteiger partial charge in [-0.2, -0.15) is 0 Å². The first kappa shape index (κ1) is 15.9. The van der Waals surface area contributed by atoms with Gasteiger partial charge in [-0.1, -0.05) is 24.3 Å². The highest BCUT2D eigenvalue weighted by Crippen LogP contribution is 2.36. The first-order valence-electron chi connectivity index (χ1n) is 6.99. The van der Waals surface area contributed by atoms with Crippen molar-refractivity contribution in [1.29, 1.82) is 0 Å². The molecule has 0 bridgehead atoms. The van der Waals surface area contributed by atoms with Crippen LogP contribution in [0.5, 0.6) is 11.5 Å². The van der Waals surface area contributed by atoms with Crippen molar-refractivity contribution < 1.29 is 19.7 Å². The monoisotopic (exact) mass is 300 g/mol. The van der Waals surface area contributed by atoms with Crippen LogP contribution in [0.4, 0.5) is 0 Å². The lowest BCUT2D eigenvalue weighted by Gasteiger charge is -2.28. The van der Waals surface area contributed by atoms with Gasteiger partial charge < -0.3 is 14.9 Å². The van der Waals surface area contributed by atoms with Crippen LogP contribution in [-0.2, 0) is 14.9 Å². The number of esters is 1. The van der Waals surface area contributed by atoms with Crippen molar-refractivity contribution in [3.8, 4) is 11.5 Å². The van der Waals surface area contributed by atoms with Gasteiger partial charge in [0.15, 0.2) is 0 Å². The standard InChI is InChI=1S/C18H20O4/c1-11-9-13(5-7-15(11)19)18(3,17(21)22-4)14-6-8-16(20)12(2)10-14/h5-10,19-20H,1-4H3. The van der Waals surface area contributed by atoms with Crippen molar-refractivity contribution in [3.05, 3.63) is 58.7 Å². The SMILES string of the molecule is COC(=O)C(C)(c1ccc(O)c(C)c1)c1ccc(O)c(C)c1. The predicted octanol–water partition coefficient (Wildman–Crippen LogP) is 3.19. The summed E-state index contributed by atoms with van der Waals surface area (Å²) >= 11 is 0. The lowest BCUT2D eigenvalue weighted by molar-refractivity contribution is -0.145. The average molecular weight is 300 g/mol. The molecule has 0 fully saturated rings. The van der Waals surface area contributed by atoms with Gasteiger partial charge in [-0.25, -0.2) is 0 Å². The summed E-state index contributed by atoms with van der Waals surface area (Å²) in [4.78, 5) is 12.5. The summed E-state index contributed by atoms with van der Waals surface area (Å²) < 4.78 is 5.00. The molecule has 116 valence electrons. The molecule has 0 aliphatic rings. The van der Waals surface area contributed by atoms with Gasteiger partial charge >= 0.3 is 5.97 Å². The van der Waals surface area contributed by atoms with E-state index in [1.165, 1.54) is 7.11 Å². The Kier molecular flexibility index (Phi) is 4.13. The van der Waals surface area contributed by atoms with Crippen molar-refractivity contribution in [3.63, 3.8) is 0 Å². The van der Waals surface area contributed by atoms with E-state index in [-0.39, 0.29) is 11.5 Å². The molecule has 0 atom stereocenters. The van der Waals surface area contributed by atoms with Crippen LogP contribution >= 0.6 is 0 Å². The Morgan fingerprint density at radius 1 is 0.955 bits per heavy atom. The zero-order valence-electron chi connectivity index (χ0n) is 13.2. The largest absolute Gasteiger partial charge is 0.508 e. The Morgan fingerprint density at radius 2 is 1.36 bits per heavy atom. The highest BCUT2D eigenvalue weighted by atomic mass is 16.5. The third-order valence-corrected chi connectivity index (χ3v) is 4.14. The van der Waals surface area contributed by atoms with Crippen LogP contribution in [0.25, 0.3) is 0 Å². The quantitative estimate of drug-likeness (QED) is 0.854. The van der Waals surface area contributed by atoms with Gasteiger partial charge in [0, 0.05) is 0 Å². The van der Waals surface area contributed by atoms with E-state index in [4.69, 9.17) is 4.74 Å². The molecule has 2 rings (SSSR count). The van der Waals surface area contributed by atoms with Gasteiger partial charge in [0.2, 0.25) is 0 Å². The fourth-order valence-corrected chi connectivity index (χ4v) is 2.54. The second-order valence-corrected chi connectivity index (χ2v) is 5.62. The third kappa shape index (κ3) is 2.52. The molecule has 4 heteroatoms. The molecule has 0 spiro atoms. The zero-order valence-corrected chi connectivity index (χ0v) is 13.2. The van der Waals surface area contributed by atoms with E-state index in [2.05, 4.69) is 0 Å². The van der Waals surface area contributed by atoms with Gasteiger partial charge in [0.1, 0.15) is 16.9 Å². The van der Waals surface area contributed by atoms with E-state index in [9.17, 15) is 15.0 Å². The molecule has 22 heavy (non-hydrogen) atoms. The fourth-order valence-electron chi connectivity index (χ4n) is 2.54. The normalized spacial score (nSPS) is 11.3. The first-order chi connectivity index (χ1) is 10.3. The molecule has 0 aromatic heterocycles. The second-order valence-electron chi connectivity index (χ2n) is 5.62. The molecular weight excluding hydrogens is 280 g/mol. The fraction of sp³-hybridized carbons (Fsp3) is 0.278. The van der Waals surface area contributed by atoms with Crippen LogP contribution in [0.2, 0.25) is 0 Å². The molecule has 4 nitrogen and oxygen atoms in total. The van der Waals surface area contributed by atoms with Crippen molar-refractivity contribution >= 4 is 5.97 Å². The first-order valence-corrected chi connectivity index (χ1v) is 6.99. The number of hydrogen-bond donors (Lipinski definition) is 2. The summed E-state index contributed by atoms with van der Waals surface area (Å²) in [5.74, 6) is -0.0432. The average Bonchev–Trinajstić information content (AvgIpc) is 2.51. The van der Waals surface area contributed by atoms with Crippen LogP contribution in [0, 0.1) is 13.8 Å².